The molecule has 1 aliphatic carbocycles. The molecule has 0 N–H and O–H groups in total. The SMILES string of the molecule is CC(C)=C[C@H]1[C@@H](C(=O)N(C)Cc2ccccc2)C1(C)C. The smallest absolute Gasteiger partial charge is 0.226 e. The van der Waals surface area contributed by atoms with E-state index in [1.807, 2.05) is 30.1 Å². The average molecular weight is 271 g/mol. The third-order valence-corrected chi connectivity index (χ3v) is 4.33. The van der Waals surface area contributed by atoms with Crippen LogP contribution in [0, 0.1) is 17.3 Å². The van der Waals surface area contributed by atoms with Crippen molar-refractivity contribution < 1.29 is 4.79 Å². The first-order valence-electron chi connectivity index (χ1n) is 7.28. The number of amides is 1. The summed E-state index contributed by atoms with van der Waals surface area (Å²) in [5.74, 6) is 0.783. The Morgan fingerprint density at radius 3 is 2.40 bits per heavy atom. The second-order valence-corrected chi connectivity index (χ2v) is 6.75. The molecule has 2 heteroatoms. The fourth-order valence-corrected chi connectivity index (χ4v) is 2.99. The second-order valence-electron chi connectivity index (χ2n) is 6.75. The molecule has 2 nitrogen and oxygen atoms in total. The van der Waals surface area contributed by atoms with Crippen LogP contribution < -0.4 is 0 Å². The van der Waals surface area contributed by atoms with E-state index in [4.69, 9.17) is 0 Å². The van der Waals surface area contributed by atoms with Crippen molar-refractivity contribution in [1.82, 2.24) is 4.90 Å². The van der Waals surface area contributed by atoms with Crippen molar-refractivity contribution in [2.45, 2.75) is 34.2 Å². The molecule has 1 saturated carbocycles. The van der Waals surface area contributed by atoms with Crippen molar-refractivity contribution in [2.75, 3.05) is 7.05 Å². The lowest BCUT2D eigenvalue weighted by atomic mass is 10.1. The standard InChI is InChI=1S/C18H25NO/c1-13(2)11-15-16(18(15,3)4)17(20)19(5)12-14-9-7-6-8-10-14/h6-11,15-16H,12H2,1-5H3/t15-,16-/m0/s1. The van der Waals surface area contributed by atoms with Gasteiger partial charge >= 0.3 is 0 Å². The van der Waals surface area contributed by atoms with Gasteiger partial charge in [0.1, 0.15) is 0 Å². The van der Waals surface area contributed by atoms with Crippen LogP contribution >= 0.6 is 0 Å². The summed E-state index contributed by atoms with van der Waals surface area (Å²) in [6, 6.07) is 10.2. The van der Waals surface area contributed by atoms with Crippen LogP contribution in [0.1, 0.15) is 33.3 Å². The molecule has 1 fully saturated rings. The van der Waals surface area contributed by atoms with Crippen LogP contribution in [0.25, 0.3) is 0 Å². The molecule has 0 heterocycles. The Hall–Kier alpha value is -1.57. The molecule has 2 atom stereocenters. The molecular formula is C18H25NO. The molecule has 1 amide bonds. The van der Waals surface area contributed by atoms with Gasteiger partial charge in [-0.3, -0.25) is 4.79 Å². The van der Waals surface area contributed by atoms with Crippen molar-refractivity contribution >= 4 is 5.91 Å². The average Bonchev–Trinajstić information content (AvgIpc) is 2.90. The van der Waals surface area contributed by atoms with Crippen molar-refractivity contribution in [1.29, 1.82) is 0 Å². The number of hydrogen-bond acceptors (Lipinski definition) is 1. The highest BCUT2D eigenvalue weighted by Gasteiger charge is 2.60. The van der Waals surface area contributed by atoms with Gasteiger partial charge in [-0.1, -0.05) is 55.8 Å². The zero-order chi connectivity index (χ0) is 14.9. The molecule has 2 rings (SSSR count). The van der Waals surface area contributed by atoms with E-state index in [1.165, 1.54) is 11.1 Å². The zero-order valence-corrected chi connectivity index (χ0v) is 13.2. The first-order chi connectivity index (χ1) is 9.34. The Kier molecular flexibility index (Phi) is 4.03. The first kappa shape index (κ1) is 14.8. The van der Waals surface area contributed by atoms with Crippen LogP contribution in [-0.4, -0.2) is 17.9 Å². The van der Waals surface area contributed by atoms with Gasteiger partial charge in [0.05, 0.1) is 5.92 Å². The Balaban J connectivity index is 2.03. The van der Waals surface area contributed by atoms with Gasteiger partial charge < -0.3 is 4.90 Å². The Morgan fingerprint density at radius 1 is 1.25 bits per heavy atom. The van der Waals surface area contributed by atoms with Crippen molar-refractivity contribution in [2.24, 2.45) is 17.3 Å². The molecule has 0 bridgehead atoms. The van der Waals surface area contributed by atoms with Crippen LogP contribution in [0.4, 0.5) is 0 Å². The molecule has 1 aromatic carbocycles. The molecule has 0 spiro atoms. The molecule has 20 heavy (non-hydrogen) atoms. The predicted molar refractivity (Wildman–Crippen MR) is 83.1 cm³/mol. The summed E-state index contributed by atoms with van der Waals surface area (Å²) in [6.45, 7) is 9.27. The normalized spacial score (nSPS) is 23.1. The molecular weight excluding hydrogens is 246 g/mol. The molecule has 0 aromatic heterocycles. The summed E-state index contributed by atoms with van der Waals surface area (Å²) in [4.78, 5) is 14.5. The van der Waals surface area contributed by atoms with Gasteiger partial charge in [-0.15, -0.1) is 0 Å². The molecule has 1 aromatic rings. The molecule has 1 aliphatic rings. The van der Waals surface area contributed by atoms with Crippen LogP contribution in [0.5, 0.6) is 0 Å². The van der Waals surface area contributed by atoms with Crippen LogP contribution in [0.2, 0.25) is 0 Å². The van der Waals surface area contributed by atoms with Crippen molar-refractivity contribution in [3.8, 4) is 0 Å². The highest BCUT2D eigenvalue weighted by Crippen LogP contribution is 2.60. The Bertz CT molecular complexity index is 511. The summed E-state index contributed by atoms with van der Waals surface area (Å²) in [6.07, 6.45) is 2.25. The third-order valence-electron chi connectivity index (χ3n) is 4.33. The monoisotopic (exact) mass is 271 g/mol. The number of allylic oxidation sites excluding steroid dienone is 2. The fourth-order valence-electron chi connectivity index (χ4n) is 2.99. The van der Waals surface area contributed by atoms with Gasteiger partial charge in [0.25, 0.3) is 0 Å². The maximum absolute atomic E-state index is 12.6. The van der Waals surface area contributed by atoms with E-state index in [0.29, 0.717) is 12.5 Å². The zero-order valence-electron chi connectivity index (χ0n) is 13.2. The quantitative estimate of drug-likeness (QED) is 0.761. The minimum Gasteiger partial charge on any atom is -0.341 e. The summed E-state index contributed by atoms with van der Waals surface area (Å²) in [5, 5.41) is 0. The lowest BCUT2D eigenvalue weighted by molar-refractivity contribution is -0.132. The van der Waals surface area contributed by atoms with Crippen LogP contribution in [0.15, 0.2) is 42.0 Å². The third kappa shape index (κ3) is 2.95. The van der Waals surface area contributed by atoms with Crippen LogP contribution in [0.3, 0.4) is 0 Å². The van der Waals surface area contributed by atoms with Gasteiger partial charge in [0, 0.05) is 13.6 Å². The Morgan fingerprint density at radius 2 is 1.85 bits per heavy atom. The van der Waals surface area contributed by atoms with E-state index in [2.05, 4.69) is 45.9 Å². The maximum Gasteiger partial charge on any atom is 0.226 e. The van der Waals surface area contributed by atoms with Gasteiger partial charge in [0.2, 0.25) is 5.91 Å². The number of carbonyl (C=O) groups is 1. The van der Waals surface area contributed by atoms with E-state index in [1.54, 1.807) is 0 Å². The van der Waals surface area contributed by atoms with Crippen molar-refractivity contribution in [3.05, 3.63) is 47.5 Å². The van der Waals surface area contributed by atoms with E-state index in [0.717, 1.165) is 0 Å². The molecule has 0 aliphatic heterocycles. The highest BCUT2D eigenvalue weighted by atomic mass is 16.2. The van der Waals surface area contributed by atoms with E-state index >= 15 is 0 Å². The van der Waals surface area contributed by atoms with E-state index in [9.17, 15) is 4.79 Å². The number of nitrogens with zero attached hydrogens (tertiary/aromatic N) is 1. The summed E-state index contributed by atoms with van der Waals surface area (Å²) in [5.41, 5.74) is 2.57. The highest BCUT2D eigenvalue weighted by molar-refractivity contribution is 5.83. The summed E-state index contributed by atoms with van der Waals surface area (Å²) in [7, 11) is 1.91. The second kappa shape index (κ2) is 5.43. The molecule has 108 valence electrons. The fraction of sp³-hybridized carbons (Fsp3) is 0.500. The van der Waals surface area contributed by atoms with Crippen molar-refractivity contribution in [3.63, 3.8) is 0 Å². The minimum atomic E-state index is 0.0965. The summed E-state index contributed by atoms with van der Waals surface area (Å²) >= 11 is 0. The number of carbonyl (C=O) groups excluding carboxylic acids is 1. The maximum atomic E-state index is 12.6. The largest absolute Gasteiger partial charge is 0.341 e. The molecule has 0 unspecified atom stereocenters. The van der Waals surface area contributed by atoms with Gasteiger partial charge in [0.15, 0.2) is 0 Å². The van der Waals surface area contributed by atoms with Gasteiger partial charge in [-0.2, -0.15) is 0 Å². The number of hydrogen-bond donors (Lipinski definition) is 0. The Labute approximate surface area is 122 Å². The predicted octanol–water partition coefficient (Wildman–Crippen LogP) is 3.88. The first-order valence-corrected chi connectivity index (χ1v) is 7.28. The topological polar surface area (TPSA) is 20.3 Å². The van der Waals surface area contributed by atoms with Gasteiger partial charge in [-0.25, -0.2) is 0 Å². The number of benzene rings is 1. The lowest BCUT2D eigenvalue weighted by Crippen LogP contribution is -2.29. The minimum absolute atomic E-state index is 0.0965. The summed E-state index contributed by atoms with van der Waals surface area (Å²) < 4.78 is 0. The molecule has 0 radical (unpaired) electrons. The van der Waals surface area contributed by atoms with E-state index < -0.39 is 0 Å². The van der Waals surface area contributed by atoms with Crippen LogP contribution in [-0.2, 0) is 11.3 Å². The van der Waals surface area contributed by atoms with Gasteiger partial charge in [-0.05, 0) is 30.7 Å². The lowest BCUT2D eigenvalue weighted by Gasteiger charge is -2.18. The van der Waals surface area contributed by atoms with E-state index in [-0.39, 0.29) is 17.2 Å². The number of rotatable bonds is 4. The molecule has 0 saturated heterocycles.